The maximum atomic E-state index is 13.7. The first-order valence-electron chi connectivity index (χ1n) is 10.4. The van der Waals surface area contributed by atoms with Crippen molar-refractivity contribution in [1.82, 2.24) is 15.4 Å². The molecule has 0 fully saturated rings. The molecule has 0 bridgehead atoms. The molecule has 2 aromatic carbocycles. The predicted molar refractivity (Wildman–Crippen MR) is 125 cm³/mol. The third kappa shape index (κ3) is 6.60. The van der Waals surface area contributed by atoms with E-state index in [4.69, 9.17) is 22.1 Å². The highest BCUT2D eigenvalue weighted by Crippen LogP contribution is 2.20. The standard InChI is InChI=1S/C23H24ClF2N5O3/c1-14(32)31(29-12-16-3-2-4-20(26)22(16)24)19(7-8-27)13-34-23(33)30-21-10-17-9-18(25)6-5-15(17)11-28-21/h2-6,9-11,19,29H,7-8,12-13,27H2,1H3,(H,28,30,33)/t19-/m0/s1. The average Bonchev–Trinajstić information content (AvgIpc) is 2.79. The number of nitrogens with zero attached hydrogens (tertiary/aromatic N) is 2. The minimum atomic E-state index is -0.804. The SMILES string of the molecule is CC(=O)N(NCc1cccc(F)c1Cl)[C@@H](CCN)COC(=O)Nc1cc2cc(F)ccc2cn1. The zero-order chi connectivity index (χ0) is 24.7. The Labute approximate surface area is 200 Å². The van der Waals surface area contributed by atoms with Crippen LogP contribution < -0.4 is 16.5 Å². The van der Waals surface area contributed by atoms with Crippen molar-refractivity contribution in [2.24, 2.45) is 5.73 Å². The van der Waals surface area contributed by atoms with Gasteiger partial charge in [0.2, 0.25) is 5.91 Å². The van der Waals surface area contributed by atoms with Crippen LogP contribution in [-0.4, -0.2) is 41.2 Å². The summed E-state index contributed by atoms with van der Waals surface area (Å²) < 4.78 is 32.4. The van der Waals surface area contributed by atoms with Crippen molar-refractivity contribution >= 4 is 40.2 Å². The van der Waals surface area contributed by atoms with Crippen molar-refractivity contribution < 1.29 is 23.1 Å². The molecule has 8 nitrogen and oxygen atoms in total. The minimum absolute atomic E-state index is 0.0488. The van der Waals surface area contributed by atoms with Crippen LogP contribution in [0, 0.1) is 11.6 Å². The molecule has 1 atom stereocenters. The molecule has 4 N–H and O–H groups in total. The van der Waals surface area contributed by atoms with Crippen molar-refractivity contribution in [3.8, 4) is 0 Å². The van der Waals surface area contributed by atoms with Gasteiger partial charge in [-0.15, -0.1) is 0 Å². The van der Waals surface area contributed by atoms with Gasteiger partial charge in [-0.05, 0) is 54.2 Å². The number of aromatic nitrogens is 1. The minimum Gasteiger partial charge on any atom is -0.447 e. The number of hydrazine groups is 1. The van der Waals surface area contributed by atoms with Crippen molar-refractivity contribution in [2.45, 2.75) is 25.9 Å². The summed E-state index contributed by atoms with van der Waals surface area (Å²) in [6, 6.07) is 9.52. The second kappa shape index (κ2) is 11.7. The maximum Gasteiger partial charge on any atom is 0.412 e. The van der Waals surface area contributed by atoms with Crippen LogP contribution in [0.25, 0.3) is 10.8 Å². The van der Waals surface area contributed by atoms with Crippen LogP contribution in [0.3, 0.4) is 0 Å². The van der Waals surface area contributed by atoms with E-state index in [0.717, 1.165) is 0 Å². The molecule has 1 heterocycles. The summed E-state index contributed by atoms with van der Waals surface area (Å²) in [5.74, 6) is -1.15. The Bertz CT molecular complexity index is 1180. The van der Waals surface area contributed by atoms with E-state index in [9.17, 15) is 18.4 Å². The van der Waals surface area contributed by atoms with Gasteiger partial charge >= 0.3 is 6.09 Å². The van der Waals surface area contributed by atoms with Gasteiger partial charge in [0.15, 0.2) is 0 Å². The largest absolute Gasteiger partial charge is 0.447 e. The smallest absolute Gasteiger partial charge is 0.412 e. The van der Waals surface area contributed by atoms with E-state index < -0.39 is 23.8 Å². The first-order valence-corrected chi connectivity index (χ1v) is 10.8. The number of ether oxygens (including phenoxy) is 1. The number of hydrogen-bond acceptors (Lipinski definition) is 6. The highest BCUT2D eigenvalue weighted by Gasteiger charge is 2.23. The van der Waals surface area contributed by atoms with Crippen LogP contribution in [0.1, 0.15) is 18.9 Å². The Balaban J connectivity index is 1.63. The Morgan fingerprint density at radius 3 is 2.74 bits per heavy atom. The summed E-state index contributed by atoms with van der Waals surface area (Å²) in [5.41, 5.74) is 9.04. The highest BCUT2D eigenvalue weighted by molar-refractivity contribution is 6.31. The third-order valence-electron chi connectivity index (χ3n) is 5.00. The van der Waals surface area contributed by atoms with E-state index in [-0.39, 0.29) is 36.4 Å². The van der Waals surface area contributed by atoms with E-state index in [0.29, 0.717) is 22.8 Å². The Kier molecular flexibility index (Phi) is 8.69. The van der Waals surface area contributed by atoms with E-state index in [1.165, 1.54) is 48.5 Å². The Morgan fingerprint density at radius 1 is 1.21 bits per heavy atom. The van der Waals surface area contributed by atoms with Crippen molar-refractivity contribution in [3.05, 3.63) is 70.9 Å². The molecule has 11 heteroatoms. The number of carbonyl (C=O) groups is 2. The number of amides is 2. The molecule has 2 amide bonds. The molecule has 0 unspecified atom stereocenters. The lowest BCUT2D eigenvalue weighted by Gasteiger charge is -2.31. The molecule has 0 aliphatic rings. The summed E-state index contributed by atoms with van der Waals surface area (Å²) in [6.07, 6.45) is 1.02. The summed E-state index contributed by atoms with van der Waals surface area (Å²) in [4.78, 5) is 28.7. The number of nitrogens with one attached hydrogen (secondary N) is 2. The Hall–Kier alpha value is -3.34. The van der Waals surface area contributed by atoms with E-state index in [1.807, 2.05) is 0 Å². The molecule has 0 spiro atoms. The average molecular weight is 492 g/mol. The van der Waals surface area contributed by atoms with Crippen molar-refractivity contribution in [1.29, 1.82) is 0 Å². The first-order chi connectivity index (χ1) is 16.3. The van der Waals surface area contributed by atoms with Gasteiger partial charge in [-0.25, -0.2) is 24.0 Å². The summed E-state index contributed by atoms with van der Waals surface area (Å²) in [5, 5.41) is 4.99. The first kappa shape index (κ1) is 25.3. The number of anilines is 1. The lowest BCUT2D eigenvalue weighted by atomic mass is 10.2. The van der Waals surface area contributed by atoms with E-state index in [2.05, 4.69) is 15.7 Å². The van der Waals surface area contributed by atoms with Gasteiger partial charge < -0.3 is 10.5 Å². The normalized spacial score (nSPS) is 11.8. The number of rotatable bonds is 9. The number of benzene rings is 2. The molecule has 3 aromatic rings. The fraction of sp³-hybridized carbons (Fsp3) is 0.261. The fourth-order valence-corrected chi connectivity index (χ4v) is 3.52. The van der Waals surface area contributed by atoms with Gasteiger partial charge in [0.05, 0.1) is 11.1 Å². The summed E-state index contributed by atoms with van der Waals surface area (Å²) >= 11 is 5.98. The second-order valence-corrected chi connectivity index (χ2v) is 7.83. The zero-order valence-electron chi connectivity index (χ0n) is 18.4. The monoisotopic (exact) mass is 491 g/mol. The van der Waals surface area contributed by atoms with Gasteiger partial charge in [-0.2, -0.15) is 0 Å². The molecule has 3 rings (SSSR count). The van der Waals surface area contributed by atoms with E-state index in [1.54, 1.807) is 12.1 Å². The lowest BCUT2D eigenvalue weighted by Crippen LogP contribution is -2.51. The molecule has 0 radical (unpaired) electrons. The second-order valence-electron chi connectivity index (χ2n) is 7.45. The number of fused-ring (bicyclic) bond motifs is 1. The molecule has 0 aliphatic carbocycles. The zero-order valence-corrected chi connectivity index (χ0v) is 19.1. The van der Waals surface area contributed by atoms with Crippen LogP contribution >= 0.6 is 11.6 Å². The van der Waals surface area contributed by atoms with Crippen molar-refractivity contribution in [2.75, 3.05) is 18.5 Å². The number of pyridine rings is 1. The van der Waals surface area contributed by atoms with Gasteiger partial charge in [0.25, 0.3) is 0 Å². The van der Waals surface area contributed by atoms with Gasteiger partial charge in [-0.3, -0.25) is 15.1 Å². The molecule has 0 aliphatic heterocycles. The lowest BCUT2D eigenvalue weighted by molar-refractivity contribution is -0.136. The molecule has 180 valence electrons. The predicted octanol–water partition coefficient (Wildman–Crippen LogP) is 3.99. The quantitative estimate of drug-likeness (QED) is 0.390. The summed E-state index contributed by atoms with van der Waals surface area (Å²) in [6.45, 7) is 1.46. The summed E-state index contributed by atoms with van der Waals surface area (Å²) in [7, 11) is 0. The molecular weight excluding hydrogens is 468 g/mol. The van der Waals surface area contributed by atoms with Gasteiger partial charge in [-0.1, -0.05) is 23.7 Å². The molecule has 0 saturated carbocycles. The Morgan fingerprint density at radius 2 is 2.00 bits per heavy atom. The molecule has 1 aromatic heterocycles. The van der Waals surface area contributed by atoms with Crippen LogP contribution in [0.2, 0.25) is 5.02 Å². The third-order valence-corrected chi connectivity index (χ3v) is 5.42. The van der Waals surface area contributed by atoms with Gasteiger partial charge in [0.1, 0.15) is 24.1 Å². The number of hydrogen-bond donors (Lipinski definition) is 3. The number of halogens is 3. The van der Waals surface area contributed by atoms with Crippen LogP contribution in [0.5, 0.6) is 0 Å². The number of carbonyl (C=O) groups excluding carboxylic acids is 2. The highest BCUT2D eigenvalue weighted by atomic mass is 35.5. The van der Waals surface area contributed by atoms with Crippen LogP contribution in [0.15, 0.2) is 48.7 Å². The molecular formula is C23H24ClF2N5O3. The number of nitrogens with two attached hydrogens (primary N) is 1. The van der Waals surface area contributed by atoms with E-state index >= 15 is 0 Å². The fourth-order valence-electron chi connectivity index (χ4n) is 3.32. The van der Waals surface area contributed by atoms with Crippen LogP contribution in [0.4, 0.5) is 19.4 Å². The van der Waals surface area contributed by atoms with Crippen molar-refractivity contribution in [3.63, 3.8) is 0 Å². The molecule has 34 heavy (non-hydrogen) atoms. The van der Waals surface area contributed by atoms with Gasteiger partial charge in [0, 0.05) is 25.1 Å². The maximum absolute atomic E-state index is 13.7. The molecule has 0 saturated heterocycles. The van der Waals surface area contributed by atoms with Crippen LogP contribution in [-0.2, 0) is 16.1 Å². The topological polar surface area (TPSA) is 110 Å².